The van der Waals surface area contributed by atoms with Crippen LogP contribution in [-0.2, 0) is 32.1 Å². The number of rotatable bonds is 8. The van der Waals surface area contributed by atoms with Crippen LogP contribution in [0.25, 0.3) is 0 Å². The topological polar surface area (TPSA) is 158 Å². The van der Waals surface area contributed by atoms with Crippen LogP contribution in [0.4, 0.5) is 4.39 Å². The van der Waals surface area contributed by atoms with Crippen molar-refractivity contribution in [3.63, 3.8) is 0 Å². The normalized spacial score (nSPS) is 30.4. The molecule has 0 aliphatic heterocycles. The number of alkyl halides is 1. The number of halogens is 2. The highest BCUT2D eigenvalue weighted by Gasteiger charge is 2.69. The van der Waals surface area contributed by atoms with E-state index >= 15 is 0 Å². The van der Waals surface area contributed by atoms with Gasteiger partial charge in [-0.3, -0.25) is 33.8 Å². The number of nitrogens with two attached hydrogens (primary N) is 1. The summed E-state index contributed by atoms with van der Waals surface area (Å²) in [5.74, 6) is -11.1. The number of aliphatic hydroxyl groups is 1. The molecule has 6 atom stereocenters. The molecule has 2 fully saturated rings. The van der Waals surface area contributed by atoms with Gasteiger partial charge in [-0.2, -0.15) is 0 Å². The molecular weight excluding hydrogens is 533 g/mol. The van der Waals surface area contributed by atoms with E-state index in [9.17, 15) is 38.6 Å². The molecule has 3 unspecified atom stereocenters. The number of phenolic OH excluding ortho intramolecular Hbond substituents is 1. The van der Waals surface area contributed by atoms with Crippen LogP contribution < -0.4 is 5.73 Å². The molecule has 0 spiro atoms. The molecule has 1 amide bonds. The lowest BCUT2D eigenvalue weighted by atomic mass is 9.52. The van der Waals surface area contributed by atoms with Crippen molar-refractivity contribution in [3.8, 4) is 5.75 Å². The van der Waals surface area contributed by atoms with Crippen LogP contribution in [0.2, 0.25) is 5.02 Å². The van der Waals surface area contributed by atoms with Gasteiger partial charge in [0, 0.05) is 24.0 Å². The van der Waals surface area contributed by atoms with Crippen molar-refractivity contribution in [2.24, 2.45) is 29.4 Å². The molecule has 1 aromatic rings. The average Bonchev–Trinajstić information content (AvgIpc) is 2.84. The number of Topliss-reactive ketones (excluding diaryl/α,β-unsaturated/α-hetero) is 4. The third kappa shape index (κ3) is 4.49. The average molecular weight is 566 g/mol. The zero-order valence-electron chi connectivity index (χ0n) is 22.1. The van der Waals surface area contributed by atoms with E-state index in [1.165, 1.54) is 25.1 Å². The van der Waals surface area contributed by atoms with E-state index in [2.05, 4.69) is 0 Å². The SMILES string of the molecule is CCCN(CCF)Cc1cc(O)c2c(c1Cl)C[C@H]1C[C@H]3[C@H](N(C)C)C(=O)C(C(N)=O)C(=O)C3(O)C(=O)C1C2=O. The molecule has 1 aromatic carbocycles. The molecule has 0 heterocycles. The van der Waals surface area contributed by atoms with Gasteiger partial charge < -0.3 is 15.9 Å². The fourth-order valence-electron chi connectivity index (χ4n) is 6.77. The Bertz CT molecular complexity index is 1250. The predicted molar refractivity (Wildman–Crippen MR) is 138 cm³/mol. The van der Waals surface area contributed by atoms with Gasteiger partial charge in [0.25, 0.3) is 0 Å². The maximum absolute atomic E-state index is 13.8. The number of hydrogen-bond acceptors (Lipinski definition) is 9. The quantitative estimate of drug-likeness (QED) is 0.386. The Labute approximate surface area is 230 Å². The number of fused-ring (bicyclic) bond motifs is 3. The highest BCUT2D eigenvalue weighted by molar-refractivity contribution is 6.34. The summed E-state index contributed by atoms with van der Waals surface area (Å²) in [6.45, 7) is 2.38. The molecule has 3 aliphatic rings. The highest BCUT2D eigenvalue weighted by atomic mass is 35.5. The summed E-state index contributed by atoms with van der Waals surface area (Å²) in [5, 5.41) is 22.7. The smallest absolute Gasteiger partial charge is 0.235 e. The molecule has 4 rings (SSSR count). The van der Waals surface area contributed by atoms with E-state index in [1.807, 2.05) is 11.8 Å². The molecule has 0 radical (unpaired) electrons. The van der Waals surface area contributed by atoms with Crippen molar-refractivity contribution in [3.05, 3.63) is 27.8 Å². The largest absolute Gasteiger partial charge is 0.507 e. The van der Waals surface area contributed by atoms with E-state index < -0.39 is 76.8 Å². The van der Waals surface area contributed by atoms with Crippen LogP contribution in [0.1, 0.15) is 41.3 Å². The van der Waals surface area contributed by atoms with Crippen LogP contribution in [0.5, 0.6) is 5.75 Å². The summed E-state index contributed by atoms with van der Waals surface area (Å²) in [4.78, 5) is 69.3. The summed E-state index contributed by atoms with van der Waals surface area (Å²) in [6.07, 6.45) is 0.780. The minimum absolute atomic E-state index is 0.0605. The molecule has 0 saturated heterocycles. The Morgan fingerprint density at radius 2 is 1.87 bits per heavy atom. The molecule has 12 heteroatoms. The first kappa shape index (κ1) is 29.3. The molecule has 10 nitrogen and oxygen atoms in total. The first-order valence-corrected chi connectivity index (χ1v) is 13.3. The molecule has 0 aromatic heterocycles. The summed E-state index contributed by atoms with van der Waals surface area (Å²) < 4.78 is 13.1. The van der Waals surface area contributed by atoms with Crippen molar-refractivity contribution in [2.45, 2.75) is 44.4 Å². The maximum Gasteiger partial charge on any atom is 0.235 e. The third-order valence-corrected chi connectivity index (χ3v) is 8.87. The standard InChI is InChI=1S/C27H33ClFN3O7/c1-4-6-32(7-5-29)11-13-10-16(33)18-14(20(13)28)8-12-9-15-21(31(2)3)23(35)19(26(30)38)25(37)27(15,39)24(36)17(12)22(18)34/h10,12,15,17,19,21,33,39H,4-9,11H2,1-3H3,(H2,30,38)/t12-,15-,17?,19?,21-,27?/m0/s1. The van der Waals surface area contributed by atoms with E-state index in [-0.39, 0.29) is 36.5 Å². The summed E-state index contributed by atoms with van der Waals surface area (Å²) in [6, 6.07) is 0.144. The Hall–Kier alpha value is -2.73. The van der Waals surface area contributed by atoms with Gasteiger partial charge in [0.2, 0.25) is 5.91 Å². The number of ketones is 4. The number of benzene rings is 1. The van der Waals surface area contributed by atoms with E-state index in [0.29, 0.717) is 17.7 Å². The number of carbonyl (C=O) groups excluding carboxylic acids is 5. The number of amides is 1. The number of aromatic hydroxyl groups is 1. The van der Waals surface area contributed by atoms with Crippen LogP contribution in [0.3, 0.4) is 0 Å². The number of primary amides is 1. The second kappa shape index (κ2) is 10.7. The molecule has 3 aliphatic carbocycles. The van der Waals surface area contributed by atoms with Crippen molar-refractivity contribution in [1.29, 1.82) is 0 Å². The lowest BCUT2D eigenvalue weighted by Crippen LogP contribution is -2.74. The molecule has 39 heavy (non-hydrogen) atoms. The summed E-state index contributed by atoms with van der Waals surface area (Å²) >= 11 is 6.73. The zero-order valence-corrected chi connectivity index (χ0v) is 22.8. The lowest BCUT2D eigenvalue weighted by molar-refractivity contribution is -0.181. The molecular formula is C27H33ClFN3O7. The molecule has 4 N–H and O–H groups in total. The van der Waals surface area contributed by atoms with Crippen molar-refractivity contribution in [2.75, 3.05) is 33.9 Å². The number of phenols is 1. The van der Waals surface area contributed by atoms with Crippen LogP contribution in [0, 0.1) is 23.7 Å². The Morgan fingerprint density at radius 1 is 1.21 bits per heavy atom. The van der Waals surface area contributed by atoms with Gasteiger partial charge in [0.15, 0.2) is 34.7 Å². The maximum atomic E-state index is 13.8. The van der Waals surface area contributed by atoms with Crippen molar-refractivity contribution < 1.29 is 38.6 Å². The van der Waals surface area contributed by atoms with E-state index in [0.717, 1.165) is 6.42 Å². The molecule has 212 valence electrons. The van der Waals surface area contributed by atoms with Gasteiger partial charge in [-0.15, -0.1) is 0 Å². The third-order valence-electron chi connectivity index (χ3n) is 8.40. The fraction of sp³-hybridized carbons (Fsp3) is 0.593. The number of nitrogens with zero attached hydrogens (tertiary/aromatic N) is 2. The minimum Gasteiger partial charge on any atom is -0.507 e. The van der Waals surface area contributed by atoms with Crippen LogP contribution in [-0.4, -0.2) is 94.6 Å². The van der Waals surface area contributed by atoms with Gasteiger partial charge in [-0.05, 0) is 63.0 Å². The predicted octanol–water partition coefficient (Wildman–Crippen LogP) is 0.702. The molecule has 2 saturated carbocycles. The van der Waals surface area contributed by atoms with E-state index in [4.69, 9.17) is 17.3 Å². The second-order valence-corrected chi connectivity index (χ2v) is 11.4. The fourth-order valence-corrected chi connectivity index (χ4v) is 7.06. The zero-order chi connectivity index (χ0) is 29.0. The lowest BCUT2D eigenvalue weighted by Gasteiger charge is -2.52. The van der Waals surface area contributed by atoms with Gasteiger partial charge in [-0.1, -0.05) is 18.5 Å². The van der Waals surface area contributed by atoms with E-state index in [1.54, 1.807) is 0 Å². The van der Waals surface area contributed by atoms with Crippen molar-refractivity contribution >= 4 is 40.6 Å². The number of likely N-dealkylation sites (N-methyl/N-ethyl adjacent to an activating group) is 1. The Kier molecular flexibility index (Phi) is 8.01. The van der Waals surface area contributed by atoms with Gasteiger partial charge in [-0.25, -0.2) is 4.39 Å². The van der Waals surface area contributed by atoms with Crippen molar-refractivity contribution in [1.82, 2.24) is 9.80 Å². The van der Waals surface area contributed by atoms with Crippen LogP contribution in [0.15, 0.2) is 6.07 Å². The van der Waals surface area contributed by atoms with Crippen LogP contribution >= 0.6 is 11.6 Å². The summed E-state index contributed by atoms with van der Waals surface area (Å²) in [5.41, 5.74) is 3.21. The van der Waals surface area contributed by atoms with Gasteiger partial charge in [0.1, 0.15) is 12.4 Å². The first-order chi connectivity index (χ1) is 18.3. The first-order valence-electron chi connectivity index (χ1n) is 13.0. The van der Waals surface area contributed by atoms with Gasteiger partial charge in [0.05, 0.1) is 17.5 Å². The second-order valence-electron chi connectivity index (χ2n) is 11.0. The summed E-state index contributed by atoms with van der Waals surface area (Å²) in [7, 11) is 3.05. The highest BCUT2D eigenvalue weighted by Crippen LogP contribution is 2.51. The Morgan fingerprint density at radius 3 is 2.44 bits per heavy atom. The molecule has 0 bridgehead atoms. The minimum atomic E-state index is -2.77. The number of hydrogen-bond donors (Lipinski definition) is 3. The monoisotopic (exact) mass is 565 g/mol. The van der Waals surface area contributed by atoms with Gasteiger partial charge >= 0.3 is 0 Å². The number of carbonyl (C=O) groups is 5. The Balaban J connectivity index is 1.79.